The molecule has 1 amide bonds. The molecule has 0 N–H and O–H groups in total. The van der Waals surface area contributed by atoms with E-state index in [0.29, 0.717) is 47.6 Å². The van der Waals surface area contributed by atoms with Gasteiger partial charge in [0.25, 0.3) is 0 Å². The Kier molecular flexibility index (Phi) is 6.69. The SMILES string of the molecule is Cc1cc(Cl)ccc1S(=O)(=O)N1CCN(C2CCN(CCC(C)C)C2=O)CC1. The third kappa shape index (κ3) is 4.53. The van der Waals surface area contributed by atoms with E-state index < -0.39 is 10.0 Å². The lowest BCUT2D eigenvalue weighted by molar-refractivity contribution is -0.132. The van der Waals surface area contributed by atoms with Crippen LogP contribution in [0.4, 0.5) is 0 Å². The van der Waals surface area contributed by atoms with Gasteiger partial charge in [0.2, 0.25) is 15.9 Å². The molecule has 156 valence electrons. The van der Waals surface area contributed by atoms with Crippen LogP contribution in [0.5, 0.6) is 0 Å². The topological polar surface area (TPSA) is 60.9 Å². The van der Waals surface area contributed by atoms with Gasteiger partial charge < -0.3 is 4.90 Å². The van der Waals surface area contributed by atoms with Gasteiger partial charge in [-0.3, -0.25) is 9.69 Å². The number of sulfonamides is 1. The normalized spacial score (nSPS) is 22.4. The summed E-state index contributed by atoms with van der Waals surface area (Å²) in [5, 5.41) is 0.531. The third-order valence-corrected chi connectivity index (χ3v) is 8.01. The predicted molar refractivity (Wildman–Crippen MR) is 111 cm³/mol. The molecule has 3 rings (SSSR count). The number of hydrogen-bond acceptors (Lipinski definition) is 4. The fourth-order valence-electron chi connectivity index (χ4n) is 3.99. The maximum absolute atomic E-state index is 13.0. The zero-order chi connectivity index (χ0) is 20.5. The number of nitrogens with zero attached hydrogens (tertiary/aromatic N) is 3. The van der Waals surface area contributed by atoms with Crippen molar-refractivity contribution in [2.24, 2.45) is 5.92 Å². The number of carbonyl (C=O) groups excluding carboxylic acids is 1. The summed E-state index contributed by atoms with van der Waals surface area (Å²) in [6.45, 7) is 9.69. The number of amides is 1. The van der Waals surface area contributed by atoms with Crippen LogP contribution in [0.1, 0.15) is 32.3 Å². The predicted octanol–water partition coefficient (Wildman–Crippen LogP) is 2.60. The van der Waals surface area contributed by atoms with Crippen molar-refractivity contribution in [1.82, 2.24) is 14.1 Å². The first-order chi connectivity index (χ1) is 13.2. The van der Waals surface area contributed by atoms with Gasteiger partial charge >= 0.3 is 0 Å². The Labute approximate surface area is 173 Å². The average molecular weight is 428 g/mol. The zero-order valence-corrected chi connectivity index (χ0v) is 18.5. The number of benzene rings is 1. The number of piperazine rings is 1. The Bertz CT molecular complexity index is 820. The summed E-state index contributed by atoms with van der Waals surface area (Å²) in [6.07, 6.45) is 1.85. The number of likely N-dealkylation sites (tertiary alicyclic amines) is 1. The maximum Gasteiger partial charge on any atom is 0.243 e. The number of halogens is 1. The molecule has 6 nitrogen and oxygen atoms in total. The molecule has 0 spiro atoms. The second kappa shape index (κ2) is 8.69. The second-order valence-electron chi connectivity index (χ2n) is 8.16. The van der Waals surface area contributed by atoms with Crippen molar-refractivity contribution < 1.29 is 13.2 Å². The van der Waals surface area contributed by atoms with E-state index in [-0.39, 0.29) is 11.9 Å². The highest BCUT2D eigenvalue weighted by Crippen LogP contribution is 2.26. The van der Waals surface area contributed by atoms with Crippen LogP contribution in [0.25, 0.3) is 0 Å². The molecule has 2 aliphatic rings. The first kappa shape index (κ1) is 21.6. The second-order valence-corrected chi connectivity index (χ2v) is 10.5. The molecule has 2 aliphatic heterocycles. The van der Waals surface area contributed by atoms with E-state index in [2.05, 4.69) is 18.7 Å². The summed E-state index contributed by atoms with van der Waals surface area (Å²) in [6, 6.07) is 4.76. The maximum atomic E-state index is 13.0. The fourth-order valence-corrected chi connectivity index (χ4v) is 5.85. The summed E-state index contributed by atoms with van der Waals surface area (Å²) < 4.78 is 27.5. The standard InChI is InChI=1S/C20H30ClN3O3S/c1-15(2)6-8-23-9-7-18(20(23)25)22-10-12-24(13-11-22)28(26,27)19-5-4-17(21)14-16(19)3/h4-5,14-15,18H,6-13H2,1-3H3. The highest BCUT2D eigenvalue weighted by atomic mass is 35.5. The van der Waals surface area contributed by atoms with Gasteiger partial charge in [-0.15, -0.1) is 0 Å². The molecule has 2 fully saturated rings. The summed E-state index contributed by atoms with van der Waals surface area (Å²) in [5.74, 6) is 0.780. The molecule has 8 heteroatoms. The van der Waals surface area contributed by atoms with Crippen LogP contribution in [0, 0.1) is 12.8 Å². The summed E-state index contributed by atoms with van der Waals surface area (Å²) >= 11 is 5.96. The van der Waals surface area contributed by atoms with Crippen LogP contribution < -0.4 is 0 Å². The quantitative estimate of drug-likeness (QED) is 0.700. The Morgan fingerprint density at radius 1 is 1.14 bits per heavy atom. The van der Waals surface area contributed by atoms with Crippen molar-refractivity contribution in [3.05, 3.63) is 28.8 Å². The van der Waals surface area contributed by atoms with Gasteiger partial charge in [-0.1, -0.05) is 25.4 Å². The van der Waals surface area contributed by atoms with E-state index in [0.717, 1.165) is 25.9 Å². The first-order valence-electron chi connectivity index (χ1n) is 9.99. The minimum absolute atomic E-state index is 0.103. The van der Waals surface area contributed by atoms with Crippen LogP contribution in [0.2, 0.25) is 5.02 Å². The fraction of sp³-hybridized carbons (Fsp3) is 0.650. The van der Waals surface area contributed by atoms with E-state index in [1.807, 2.05) is 4.90 Å². The van der Waals surface area contributed by atoms with Crippen LogP contribution in [0.15, 0.2) is 23.1 Å². The van der Waals surface area contributed by atoms with Crippen molar-refractivity contribution in [2.75, 3.05) is 39.3 Å². The minimum Gasteiger partial charge on any atom is -0.341 e. The molecule has 2 heterocycles. The van der Waals surface area contributed by atoms with Crippen molar-refractivity contribution >= 4 is 27.5 Å². The number of rotatable bonds is 6. The van der Waals surface area contributed by atoms with Crippen LogP contribution in [-0.4, -0.2) is 73.7 Å². The van der Waals surface area contributed by atoms with Crippen LogP contribution in [-0.2, 0) is 14.8 Å². The summed E-state index contributed by atoms with van der Waals surface area (Å²) in [4.78, 5) is 17.2. The largest absolute Gasteiger partial charge is 0.341 e. The van der Waals surface area contributed by atoms with Crippen molar-refractivity contribution in [1.29, 1.82) is 0 Å². The van der Waals surface area contributed by atoms with Gasteiger partial charge in [-0.05, 0) is 49.4 Å². The van der Waals surface area contributed by atoms with Gasteiger partial charge in [-0.2, -0.15) is 4.31 Å². The highest BCUT2D eigenvalue weighted by molar-refractivity contribution is 7.89. The molecular weight excluding hydrogens is 398 g/mol. The molecule has 28 heavy (non-hydrogen) atoms. The van der Waals surface area contributed by atoms with Crippen molar-refractivity contribution in [3.63, 3.8) is 0 Å². The molecular formula is C20H30ClN3O3S. The van der Waals surface area contributed by atoms with Crippen molar-refractivity contribution in [2.45, 2.75) is 44.6 Å². The lowest BCUT2D eigenvalue weighted by Crippen LogP contribution is -2.53. The molecule has 1 atom stereocenters. The third-order valence-electron chi connectivity index (χ3n) is 5.71. The monoisotopic (exact) mass is 427 g/mol. The van der Waals surface area contributed by atoms with Crippen LogP contribution in [0.3, 0.4) is 0 Å². The van der Waals surface area contributed by atoms with Gasteiger partial charge in [0.1, 0.15) is 0 Å². The molecule has 0 radical (unpaired) electrons. The Morgan fingerprint density at radius 3 is 2.43 bits per heavy atom. The lowest BCUT2D eigenvalue weighted by atomic mass is 10.1. The Balaban J connectivity index is 1.61. The first-order valence-corrected chi connectivity index (χ1v) is 11.8. The molecule has 2 saturated heterocycles. The number of aryl methyl sites for hydroxylation is 1. The number of carbonyl (C=O) groups is 1. The van der Waals surface area contributed by atoms with E-state index in [1.54, 1.807) is 25.1 Å². The van der Waals surface area contributed by atoms with E-state index in [1.165, 1.54) is 4.31 Å². The summed E-state index contributed by atoms with van der Waals surface area (Å²) in [7, 11) is -3.55. The minimum atomic E-state index is -3.55. The molecule has 1 unspecified atom stereocenters. The average Bonchev–Trinajstić information content (AvgIpc) is 3.00. The highest BCUT2D eigenvalue weighted by Gasteiger charge is 2.38. The van der Waals surface area contributed by atoms with E-state index >= 15 is 0 Å². The van der Waals surface area contributed by atoms with Gasteiger partial charge in [0, 0.05) is 44.3 Å². The zero-order valence-electron chi connectivity index (χ0n) is 16.9. The number of hydrogen-bond donors (Lipinski definition) is 0. The molecule has 0 aliphatic carbocycles. The van der Waals surface area contributed by atoms with Gasteiger partial charge in [0.05, 0.1) is 10.9 Å². The van der Waals surface area contributed by atoms with E-state index in [4.69, 9.17) is 11.6 Å². The lowest BCUT2D eigenvalue weighted by Gasteiger charge is -2.36. The van der Waals surface area contributed by atoms with E-state index in [9.17, 15) is 13.2 Å². The van der Waals surface area contributed by atoms with Crippen LogP contribution >= 0.6 is 11.6 Å². The molecule has 0 aromatic heterocycles. The van der Waals surface area contributed by atoms with Gasteiger partial charge in [-0.25, -0.2) is 8.42 Å². The Hall–Kier alpha value is -1.15. The smallest absolute Gasteiger partial charge is 0.243 e. The molecule has 0 saturated carbocycles. The van der Waals surface area contributed by atoms with Crippen molar-refractivity contribution in [3.8, 4) is 0 Å². The van der Waals surface area contributed by atoms with Gasteiger partial charge in [0.15, 0.2) is 0 Å². The Morgan fingerprint density at radius 2 is 1.82 bits per heavy atom. The molecule has 1 aromatic rings. The summed E-state index contributed by atoms with van der Waals surface area (Å²) in [5.41, 5.74) is 0.654. The molecule has 1 aromatic carbocycles. The molecule has 0 bridgehead atoms.